The van der Waals surface area contributed by atoms with Crippen LogP contribution < -0.4 is 10.2 Å². The Morgan fingerprint density at radius 2 is 1.79 bits per heavy atom. The van der Waals surface area contributed by atoms with Crippen molar-refractivity contribution in [3.63, 3.8) is 0 Å². The molecule has 5 nitrogen and oxygen atoms in total. The summed E-state index contributed by atoms with van der Waals surface area (Å²) in [4.78, 5) is 30.2. The van der Waals surface area contributed by atoms with Gasteiger partial charge >= 0.3 is 0 Å². The molecule has 29 heavy (non-hydrogen) atoms. The minimum absolute atomic E-state index is 0.0222. The molecule has 0 saturated carbocycles. The lowest BCUT2D eigenvalue weighted by atomic mass is 9.96. The number of para-hydroxylation sites is 1. The molecule has 0 unspecified atom stereocenters. The molecule has 4 rings (SSSR count). The number of hydrogen-bond acceptors (Lipinski definition) is 4. The second-order valence-corrected chi connectivity index (χ2v) is 8.86. The number of anilines is 1. The lowest BCUT2D eigenvalue weighted by Crippen LogP contribution is -3.17. The average molecular weight is 409 g/mol. The van der Waals surface area contributed by atoms with E-state index >= 15 is 0 Å². The van der Waals surface area contributed by atoms with Crippen molar-refractivity contribution >= 4 is 38.9 Å². The number of carbonyl (C=O) groups is 2. The van der Waals surface area contributed by atoms with Crippen molar-refractivity contribution in [1.29, 1.82) is 0 Å². The summed E-state index contributed by atoms with van der Waals surface area (Å²) >= 11 is 1.80. The molecule has 1 aromatic heterocycles. The Morgan fingerprint density at radius 1 is 1.10 bits per heavy atom. The van der Waals surface area contributed by atoms with Crippen molar-refractivity contribution < 1.29 is 14.5 Å². The lowest BCUT2D eigenvalue weighted by molar-refractivity contribution is -0.919. The number of carbonyl (C=O) groups excluding carboxylic acids is 2. The fraction of sp³-hybridized carbons (Fsp3) is 0.348. The maximum atomic E-state index is 12.7. The van der Waals surface area contributed by atoms with Crippen molar-refractivity contribution in [2.75, 3.05) is 18.4 Å². The zero-order valence-electron chi connectivity index (χ0n) is 16.8. The number of Topliss-reactive ketones (excluding diaryl/α,β-unsaturated/α-hetero) is 1. The highest BCUT2D eigenvalue weighted by Crippen LogP contribution is 2.31. The number of amides is 1. The van der Waals surface area contributed by atoms with E-state index in [0.29, 0.717) is 11.5 Å². The molecule has 0 radical (unpaired) electrons. The van der Waals surface area contributed by atoms with Crippen LogP contribution in [-0.2, 0) is 4.79 Å². The number of fused-ring (bicyclic) bond motifs is 1. The second kappa shape index (κ2) is 8.43. The predicted octanol–water partition coefficient (Wildman–Crippen LogP) is 3.29. The van der Waals surface area contributed by atoms with E-state index in [9.17, 15) is 9.59 Å². The molecule has 1 saturated heterocycles. The molecule has 0 spiro atoms. The molecule has 1 atom stereocenters. The van der Waals surface area contributed by atoms with Gasteiger partial charge in [0.15, 0.2) is 11.8 Å². The summed E-state index contributed by atoms with van der Waals surface area (Å²) < 4.78 is 1.25. The van der Waals surface area contributed by atoms with Crippen LogP contribution in [0.1, 0.15) is 48.0 Å². The van der Waals surface area contributed by atoms with Crippen LogP contribution >= 0.6 is 11.3 Å². The van der Waals surface area contributed by atoms with Gasteiger partial charge in [0.05, 0.1) is 28.3 Å². The molecular weight excluding hydrogens is 382 g/mol. The highest BCUT2D eigenvalue weighted by atomic mass is 32.1. The van der Waals surface area contributed by atoms with Crippen LogP contribution in [0, 0.1) is 0 Å². The van der Waals surface area contributed by atoms with Crippen molar-refractivity contribution in [2.45, 2.75) is 38.6 Å². The first-order valence-corrected chi connectivity index (χ1v) is 10.9. The van der Waals surface area contributed by atoms with Gasteiger partial charge in [-0.3, -0.25) is 9.59 Å². The van der Waals surface area contributed by atoms with E-state index in [1.54, 1.807) is 35.6 Å². The molecule has 1 aliphatic rings. The van der Waals surface area contributed by atoms with Crippen LogP contribution in [0.15, 0.2) is 48.5 Å². The van der Waals surface area contributed by atoms with Crippen LogP contribution in [0.4, 0.5) is 5.69 Å². The first kappa shape index (κ1) is 19.7. The molecule has 1 amide bonds. The zero-order valence-corrected chi connectivity index (χ0v) is 17.6. The maximum absolute atomic E-state index is 12.7. The maximum Gasteiger partial charge on any atom is 0.282 e. The number of likely N-dealkylation sites (tertiary alicyclic amines) is 1. The fourth-order valence-electron chi connectivity index (χ4n) is 3.96. The Balaban J connectivity index is 1.33. The highest BCUT2D eigenvalue weighted by molar-refractivity contribution is 7.18. The molecule has 0 bridgehead atoms. The molecule has 2 heterocycles. The molecule has 2 aromatic carbocycles. The Hall–Kier alpha value is -2.57. The largest absolute Gasteiger partial charge is 0.325 e. The number of piperidine rings is 1. The lowest BCUT2D eigenvalue weighted by Gasteiger charge is -2.31. The number of aromatic nitrogens is 1. The number of thiazole rings is 1. The van der Waals surface area contributed by atoms with E-state index in [2.05, 4.69) is 23.5 Å². The van der Waals surface area contributed by atoms with Gasteiger partial charge in [0.2, 0.25) is 0 Å². The van der Waals surface area contributed by atoms with Crippen molar-refractivity contribution in [2.24, 2.45) is 0 Å². The third-order valence-electron chi connectivity index (χ3n) is 5.85. The third kappa shape index (κ3) is 4.38. The van der Waals surface area contributed by atoms with Crippen LogP contribution in [-0.4, -0.2) is 35.8 Å². The van der Waals surface area contributed by atoms with Crippen molar-refractivity contribution in [1.82, 2.24) is 4.98 Å². The minimum Gasteiger partial charge on any atom is -0.325 e. The van der Waals surface area contributed by atoms with Gasteiger partial charge in [0.1, 0.15) is 0 Å². The van der Waals surface area contributed by atoms with Gasteiger partial charge in [-0.2, -0.15) is 0 Å². The molecule has 6 heteroatoms. The van der Waals surface area contributed by atoms with Gasteiger partial charge < -0.3 is 10.2 Å². The van der Waals surface area contributed by atoms with E-state index in [4.69, 9.17) is 4.98 Å². The summed E-state index contributed by atoms with van der Waals surface area (Å²) in [5, 5.41) is 4.21. The predicted molar refractivity (Wildman–Crippen MR) is 117 cm³/mol. The zero-order chi connectivity index (χ0) is 20.4. The van der Waals surface area contributed by atoms with Gasteiger partial charge in [0.25, 0.3) is 5.91 Å². The molecule has 150 valence electrons. The summed E-state index contributed by atoms with van der Waals surface area (Å²) in [7, 11) is 0. The van der Waals surface area contributed by atoms with Gasteiger partial charge in [0, 0.05) is 30.0 Å². The number of rotatable bonds is 5. The number of nitrogens with zero attached hydrogens (tertiary/aromatic N) is 1. The molecule has 1 fully saturated rings. The van der Waals surface area contributed by atoms with Gasteiger partial charge in [-0.05, 0) is 50.2 Å². The SMILES string of the molecule is CC(=O)c1ccc(NC(=O)[C@@H](C)[NH+]2CCC(c3nc4ccccc4s3)CC2)cc1. The van der Waals surface area contributed by atoms with E-state index in [1.807, 2.05) is 13.0 Å². The Kier molecular flexibility index (Phi) is 5.74. The Bertz CT molecular complexity index is 987. The van der Waals surface area contributed by atoms with Crippen LogP contribution in [0.25, 0.3) is 10.2 Å². The van der Waals surface area contributed by atoms with Crippen LogP contribution in [0.2, 0.25) is 0 Å². The summed E-state index contributed by atoms with van der Waals surface area (Å²) in [6.07, 6.45) is 2.11. The first-order chi connectivity index (χ1) is 14.0. The quantitative estimate of drug-likeness (QED) is 0.637. The minimum atomic E-state index is -0.112. The summed E-state index contributed by atoms with van der Waals surface area (Å²) in [6, 6.07) is 15.3. The fourth-order valence-corrected chi connectivity index (χ4v) is 5.09. The molecule has 3 aromatic rings. The highest BCUT2D eigenvalue weighted by Gasteiger charge is 2.31. The summed E-state index contributed by atoms with van der Waals surface area (Å²) in [5.41, 5.74) is 2.47. The molecule has 1 aliphatic heterocycles. The third-order valence-corrected chi connectivity index (χ3v) is 7.05. The van der Waals surface area contributed by atoms with Crippen LogP contribution in [0.3, 0.4) is 0 Å². The van der Waals surface area contributed by atoms with Gasteiger partial charge in [-0.25, -0.2) is 4.98 Å². The van der Waals surface area contributed by atoms with Gasteiger partial charge in [-0.15, -0.1) is 11.3 Å². The topological polar surface area (TPSA) is 63.5 Å². The number of quaternary nitrogens is 1. The first-order valence-electron chi connectivity index (χ1n) is 10.1. The Labute approximate surface area is 174 Å². The van der Waals surface area contributed by atoms with E-state index in [-0.39, 0.29) is 17.7 Å². The summed E-state index contributed by atoms with van der Waals surface area (Å²) in [5.74, 6) is 0.538. The van der Waals surface area contributed by atoms with Crippen molar-refractivity contribution in [3.05, 3.63) is 59.1 Å². The second-order valence-electron chi connectivity index (χ2n) is 7.80. The average Bonchev–Trinajstić information content (AvgIpc) is 3.18. The number of nitrogens with one attached hydrogen (secondary N) is 2. The summed E-state index contributed by atoms with van der Waals surface area (Å²) in [6.45, 7) is 5.47. The van der Waals surface area contributed by atoms with Gasteiger partial charge in [-0.1, -0.05) is 12.1 Å². The van der Waals surface area contributed by atoms with E-state index in [0.717, 1.165) is 37.1 Å². The molecule has 0 aliphatic carbocycles. The van der Waals surface area contributed by atoms with Crippen LogP contribution in [0.5, 0.6) is 0 Å². The number of ketones is 1. The number of benzene rings is 2. The van der Waals surface area contributed by atoms with E-state index in [1.165, 1.54) is 21.5 Å². The monoisotopic (exact) mass is 408 g/mol. The molecule has 2 N–H and O–H groups in total. The normalized spacial score (nSPS) is 20.3. The van der Waals surface area contributed by atoms with E-state index < -0.39 is 0 Å². The standard InChI is InChI=1S/C23H25N3O2S/c1-15(22(28)24-19-9-7-17(8-10-19)16(2)27)26-13-11-18(12-14-26)23-25-20-5-3-4-6-21(20)29-23/h3-10,15,18H,11-14H2,1-2H3,(H,24,28)/p+1/t15-/m1/s1. The Morgan fingerprint density at radius 3 is 2.45 bits per heavy atom. The molecular formula is C23H26N3O2S+. The smallest absolute Gasteiger partial charge is 0.282 e. The number of hydrogen-bond donors (Lipinski definition) is 2. The van der Waals surface area contributed by atoms with Crippen molar-refractivity contribution in [3.8, 4) is 0 Å².